The van der Waals surface area contributed by atoms with Crippen molar-refractivity contribution >= 4 is 11.8 Å². The van der Waals surface area contributed by atoms with E-state index in [1.54, 1.807) is 0 Å². The van der Waals surface area contributed by atoms with E-state index in [0.29, 0.717) is 19.0 Å². The molecule has 0 spiro atoms. The van der Waals surface area contributed by atoms with Crippen LogP contribution in [0.4, 0.5) is 0 Å². The summed E-state index contributed by atoms with van der Waals surface area (Å²) in [4.78, 5) is 31.1. The fourth-order valence-corrected chi connectivity index (χ4v) is 3.78. The van der Waals surface area contributed by atoms with Crippen molar-refractivity contribution in [3.63, 3.8) is 0 Å². The van der Waals surface area contributed by atoms with Crippen LogP contribution in [0, 0.1) is 5.92 Å². The molecule has 1 aliphatic heterocycles. The highest BCUT2D eigenvalue weighted by molar-refractivity contribution is 5.79. The molecule has 24 heavy (non-hydrogen) atoms. The van der Waals surface area contributed by atoms with E-state index in [9.17, 15) is 9.59 Å². The number of carbonyl (C=O) groups excluding carboxylic acids is 2. The number of nitrogens with zero attached hydrogens (tertiary/aromatic N) is 3. The molecule has 3 rings (SSSR count). The number of rotatable bonds is 4. The standard InChI is InChI=1S/C18H28N4O2/c1-12(2)18(24)22-9-8-21-11-15(20-17(21)13(22)3)10-16(23)19-14-6-4-5-7-14/h11-14H,4-10H2,1-3H3,(H,19,23)/t13-/m0/s1. The van der Waals surface area contributed by atoms with E-state index < -0.39 is 0 Å². The lowest BCUT2D eigenvalue weighted by Crippen LogP contribution is -2.42. The first-order valence-electron chi connectivity index (χ1n) is 9.11. The summed E-state index contributed by atoms with van der Waals surface area (Å²) in [7, 11) is 0. The highest BCUT2D eigenvalue weighted by Gasteiger charge is 2.31. The Labute approximate surface area is 143 Å². The quantitative estimate of drug-likeness (QED) is 0.917. The zero-order chi connectivity index (χ0) is 17.3. The maximum absolute atomic E-state index is 12.3. The van der Waals surface area contributed by atoms with Gasteiger partial charge in [0, 0.05) is 31.2 Å². The number of hydrogen-bond acceptors (Lipinski definition) is 3. The molecule has 2 aliphatic rings. The van der Waals surface area contributed by atoms with Crippen molar-refractivity contribution in [2.45, 2.75) is 71.5 Å². The molecule has 0 saturated heterocycles. The van der Waals surface area contributed by atoms with Gasteiger partial charge in [-0.05, 0) is 19.8 Å². The summed E-state index contributed by atoms with van der Waals surface area (Å²) < 4.78 is 2.09. The monoisotopic (exact) mass is 332 g/mol. The Hall–Kier alpha value is -1.85. The number of hydrogen-bond donors (Lipinski definition) is 1. The van der Waals surface area contributed by atoms with Gasteiger partial charge in [-0.25, -0.2) is 4.98 Å². The second-order valence-electron chi connectivity index (χ2n) is 7.37. The molecule has 6 nitrogen and oxygen atoms in total. The Kier molecular flexibility index (Phi) is 4.92. The fraction of sp³-hybridized carbons (Fsp3) is 0.722. The summed E-state index contributed by atoms with van der Waals surface area (Å²) in [5.41, 5.74) is 0.797. The molecule has 1 fully saturated rings. The SMILES string of the molecule is CC(C)C(=O)N1CCn2cc(CC(=O)NC3CCCC3)nc2[C@@H]1C. The zero-order valence-electron chi connectivity index (χ0n) is 14.9. The van der Waals surface area contributed by atoms with Crippen molar-refractivity contribution in [2.24, 2.45) is 5.92 Å². The van der Waals surface area contributed by atoms with Crippen LogP contribution in [0.3, 0.4) is 0 Å². The van der Waals surface area contributed by atoms with Gasteiger partial charge < -0.3 is 14.8 Å². The minimum absolute atomic E-state index is 0.00868. The van der Waals surface area contributed by atoms with Crippen LogP contribution in [0.1, 0.15) is 64.0 Å². The topological polar surface area (TPSA) is 67.2 Å². The van der Waals surface area contributed by atoms with Gasteiger partial charge in [-0.1, -0.05) is 26.7 Å². The van der Waals surface area contributed by atoms with Crippen LogP contribution < -0.4 is 5.32 Å². The van der Waals surface area contributed by atoms with Gasteiger partial charge in [0.25, 0.3) is 0 Å². The van der Waals surface area contributed by atoms with E-state index in [4.69, 9.17) is 0 Å². The predicted octanol–water partition coefficient (Wildman–Crippen LogP) is 2.04. The first-order chi connectivity index (χ1) is 11.5. The van der Waals surface area contributed by atoms with E-state index in [-0.39, 0.29) is 23.8 Å². The molecule has 2 heterocycles. The average Bonchev–Trinajstić information content (AvgIpc) is 3.16. The highest BCUT2D eigenvalue weighted by atomic mass is 16.2. The van der Waals surface area contributed by atoms with Crippen LogP contribution in [0.5, 0.6) is 0 Å². The molecule has 1 aromatic heterocycles. The minimum Gasteiger partial charge on any atom is -0.353 e. The molecule has 0 unspecified atom stereocenters. The molecule has 0 radical (unpaired) electrons. The third-order valence-electron chi connectivity index (χ3n) is 5.12. The largest absolute Gasteiger partial charge is 0.353 e. The number of carbonyl (C=O) groups is 2. The van der Waals surface area contributed by atoms with Gasteiger partial charge in [0.2, 0.25) is 11.8 Å². The van der Waals surface area contributed by atoms with Crippen LogP contribution in [0.2, 0.25) is 0 Å². The minimum atomic E-state index is -0.0414. The smallest absolute Gasteiger partial charge is 0.226 e. The van der Waals surface area contributed by atoms with E-state index in [2.05, 4.69) is 14.9 Å². The maximum Gasteiger partial charge on any atom is 0.226 e. The van der Waals surface area contributed by atoms with Crippen LogP contribution in [-0.2, 0) is 22.6 Å². The summed E-state index contributed by atoms with van der Waals surface area (Å²) in [6.45, 7) is 7.31. The molecular weight excluding hydrogens is 304 g/mol. The number of fused-ring (bicyclic) bond motifs is 1. The van der Waals surface area contributed by atoms with Crippen molar-refractivity contribution in [3.8, 4) is 0 Å². The molecule has 1 N–H and O–H groups in total. The van der Waals surface area contributed by atoms with Crippen LogP contribution in [0.15, 0.2) is 6.20 Å². The Bertz CT molecular complexity index is 617. The molecule has 6 heteroatoms. The van der Waals surface area contributed by atoms with E-state index >= 15 is 0 Å². The average molecular weight is 332 g/mol. The molecule has 1 aromatic rings. The van der Waals surface area contributed by atoms with Crippen molar-refractivity contribution in [1.29, 1.82) is 0 Å². The highest BCUT2D eigenvalue weighted by Crippen LogP contribution is 2.26. The molecule has 132 valence electrons. The Morgan fingerprint density at radius 2 is 2.00 bits per heavy atom. The van der Waals surface area contributed by atoms with Crippen LogP contribution in [-0.4, -0.2) is 38.9 Å². The second kappa shape index (κ2) is 6.95. The molecular formula is C18H28N4O2. The van der Waals surface area contributed by atoms with Gasteiger partial charge in [-0.2, -0.15) is 0 Å². The lowest BCUT2D eigenvalue weighted by molar-refractivity contribution is -0.137. The van der Waals surface area contributed by atoms with Crippen LogP contribution >= 0.6 is 0 Å². The van der Waals surface area contributed by atoms with Crippen molar-refractivity contribution in [2.75, 3.05) is 6.54 Å². The number of amides is 2. The van der Waals surface area contributed by atoms with E-state index in [0.717, 1.165) is 30.9 Å². The van der Waals surface area contributed by atoms with Crippen molar-refractivity contribution in [1.82, 2.24) is 19.8 Å². The summed E-state index contributed by atoms with van der Waals surface area (Å²) in [5, 5.41) is 3.11. The third-order valence-corrected chi connectivity index (χ3v) is 5.12. The van der Waals surface area contributed by atoms with E-state index in [1.165, 1.54) is 12.8 Å². The van der Waals surface area contributed by atoms with Gasteiger partial charge in [0.05, 0.1) is 18.2 Å². The Balaban J connectivity index is 1.65. The first kappa shape index (κ1) is 17.0. The zero-order valence-corrected chi connectivity index (χ0v) is 14.9. The normalized spacial score (nSPS) is 21.2. The molecule has 1 saturated carbocycles. The number of nitrogens with one attached hydrogen (secondary N) is 1. The van der Waals surface area contributed by atoms with Gasteiger partial charge in [0.1, 0.15) is 5.82 Å². The Morgan fingerprint density at radius 1 is 1.29 bits per heavy atom. The van der Waals surface area contributed by atoms with E-state index in [1.807, 2.05) is 31.9 Å². The summed E-state index contributed by atoms with van der Waals surface area (Å²) >= 11 is 0. The molecule has 1 atom stereocenters. The molecule has 0 bridgehead atoms. The molecule has 2 amide bonds. The lowest BCUT2D eigenvalue weighted by atomic mass is 10.1. The van der Waals surface area contributed by atoms with Gasteiger partial charge >= 0.3 is 0 Å². The predicted molar refractivity (Wildman–Crippen MR) is 91.3 cm³/mol. The van der Waals surface area contributed by atoms with Gasteiger partial charge in [-0.15, -0.1) is 0 Å². The van der Waals surface area contributed by atoms with Crippen LogP contribution in [0.25, 0.3) is 0 Å². The summed E-state index contributed by atoms with van der Waals surface area (Å²) in [6, 6.07) is 0.299. The number of imidazole rings is 1. The second-order valence-corrected chi connectivity index (χ2v) is 7.37. The Morgan fingerprint density at radius 3 is 2.67 bits per heavy atom. The third kappa shape index (κ3) is 3.47. The van der Waals surface area contributed by atoms with Crippen molar-refractivity contribution in [3.05, 3.63) is 17.7 Å². The number of aromatic nitrogens is 2. The lowest BCUT2D eigenvalue weighted by Gasteiger charge is -2.34. The summed E-state index contributed by atoms with van der Waals surface area (Å²) in [6.07, 6.45) is 6.89. The van der Waals surface area contributed by atoms with Gasteiger partial charge in [-0.3, -0.25) is 9.59 Å². The van der Waals surface area contributed by atoms with Crippen molar-refractivity contribution < 1.29 is 9.59 Å². The molecule has 0 aromatic carbocycles. The fourth-order valence-electron chi connectivity index (χ4n) is 3.78. The maximum atomic E-state index is 12.3. The summed E-state index contributed by atoms with van der Waals surface area (Å²) in [5.74, 6) is 1.10. The van der Waals surface area contributed by atoms with Gasteiger partial charge in [0.15, 0.2) is 0 Å². The molecule has 1 aliphatic carbocycles. The first-order valence-corrected chi connectivity index (χ1v) is 9.11.